The van der Waals surface area contributed by atoms with Crippen molar-refractivity contribution in [1.82, 2.24) is 9.78 Å². The summed E-state index contributed by atoms with van der Waals surface area (Å²) in [5.41, 5.74) is 2.65. The highest BCUT2D eigenvalue weighted by molar-refractivity contribution is 6.25. The summed E-state index contributed by atoms with van der Waals surface area (Å²) in [5, 5.41) is 4.34. The molecule has 0 saturated carbocycles. The Balaban J connectivity index is 2.29. The summed E-state index contributed by atoms with van der Waals surface area (Å²) in [5.74, 6) is -0.286. The molecule has 2 aromatic rings. The molecule has 4 heteroatoms. The zero-order chi connectivity index (χ0) is 13.6. The number of hydrogen-bond donors (Lipinski definition) is 0. The third kappa shape index (κ3) is 1.64. The Morgan fingerprint density at radius 3 is 2.47 bits per heavy atom. The molecule has 4 nitrogen and oxygen atoms in total. The lowest BCUT2D eigenvalue weighted by molar-refractivity contribution is 0.0979. The number of fused-ring (bicyclic) bond motifs is 1. The summed E-state index contributed by atoms with van der Waals surface area (Å²) in [4.78, 5) is 24.3. The summed E-state index contributed by atoms with van der Waals surface area (Å²) in [6, 6.07) is 9.42. The molecule has 19 heavy (non-hydrogen) atoms. The molecule has 1 heterocycles. The predicted molar refractivity (Wildman–Crippen MR) is 71.1 cm³/mol. The van der Waals surface area contributed by atoms with Crippen LogP contribution in [0.3, 0.4) is 0 Å². The maximum absolute atomic E-state index is 12.2. The predicted octanol–water partition coefficient (Wildman–Crippen LogP) is 2.41. The van der Waals surface area contributed by atoms with Crippen molar-refractivity contribution in [2.75, 3.05) is 0 Å². The molecule has 94 valence electrons. The van der Waals surface area contributed by atoms with E-state index in [1.54, 1.807) is 14.0 Å². The fourth-order valence-electron chi connectivity index (χ4n) is 2.34. The van der Waals surface area contributed by atoms with Crippen LogP contribution in [0, 0.1) is 0 Å². The van der Waals surface area contributed by atoms with Gasteiger partial charge in [0.25, 0.3) is 0 Å². The van der Waals surface area contributed by atoms with Crippen LogP contribution in [0.25, 0.3) is 11.3 Å². The number of nitrogens with zero attached hydrogens (tertiary/aromatic N) is 2. The smallest absolute Gasteiger partial charge is 0.207 e. The molecule has 3 rings (SSSR count). The van der Waals surface area contributed by atoms with Gasteiger partial charge in [-0.25, -0.2) is 0 Å². The van der Waals surface area contributed by atoms with E-state index in [1.165, 1.54) is 10.8 Å². The molecule has 0 amide bonds. The first-order chi connectivity index (χ1) is 9.09. The number of carbonyl (C=O) groups excluding carboxylic acids is 2. The fraction of sp³-hybridized carbons (Fsp3) is 0.133. The van der Waals surface area contributed by atoms with E-state index in [2.05, 4.69) is 5.10 Å². The maximum Gasteiger partial charge on any atom is 0.207 e. The van der Waals surface area contributed by atoms with E-state index < -0.39 is 0 Å². The number of carbonyl (C=O) groups is 2. The van der Waals surface area contributed by atoms with Crippen molar-refractivity contribution in [2.24, 2.45) is 7.05 Å². The van der Waals surface area contributed by atoms with Crippen molar-refractivity contribution in [3.8, 4) is 11.3 Å². The number of rotatable bonds is 1. The van der Waals surface area contributed by atoms with Crippen LogP contribution in [-0.4, -0.2) is 21.3 Å². The maximum atomic E-state index is 12.2. The largest absolute Gasteiger partial charge is 0.289 e. The highest BCUT2D eigenvalue weighted by Crippen LogP contribution is 2.30. The molecule has 1 aromatic heterocycles. The molecule has 1 aromatic carbocycles. The summed E-state index contributed by atoms with van der Waals surface area (Å²) in [6.45, 7) is 1.65. The van der Waals surface area contributed by atoms with Gasteiger partial charge in [0.15, 0.2) is 5.78 Å². The highest BCUT2D eigenvalue weighted by Gasteiger charge is 2.31. The first-order valence-electron chi connectivity index (χ1n) is 5.99. The second-order valence-electron chi connectivity index (χ2n) is 4.58. The normalized spacial score (nSPS) is 14.3. The Hall–Kier alpha value is -2.49. The lowest BCUT2D eigenvalue weighted by Crippen LogP contribution is -2.17. The molecule has 0 fully saturated rings. The van der Waals surface area contributed by atoms with Gasteiger partial charge < -0.3 is 0 Å². The third-order valence-corrected chi connectivity index (χ3v) is 3.26. The Bertz CT molecular complexity index is 724. The monoisotopic (exact) mass is 252 g/mol. The first kappa shape index (κ1) is 11.6. The van der Waals surface area contributed by atoms with Crippen molar-refractivity contribution in [1.29, 1.82) is 0 Å². The molecule has 0 aliphatic heterocycles. The molecule has 0 unspecified atom stereocenters. The molecule has 0 spiro atoms. The van der Waals surface area contributed by atoms with Crippen LogP contribution in [-0.2, 0) is 7.05 Å². The molecule has 0 radical (unpaired) electrons. The number of aryl methyl sites for hydroxylation is 1. The number of allylic oxidation sites excluding steroid dienone is 2. The van der Waals surface area contributed by atoms with E-state index >= 15 is 0 Å². The van der Waals surface area contributed by atoms with Crippen LogP contribution in [0.4, 0.5) is 0 Å². The number of aromatic nitrogens is 2. The van der Waals surface area contributed by atoms with Crippen LogP contribution in [0.15, 0.2) is 42.0 Å². The number of ketones is 2. The van der Waals surface area contributed by atoms with Crippen LogP contribution in [0.2, 0.25) is 0 Å². The highest BCUT2D eigenvalue weighted by atomic mass is 16.1. The number of benzene rings is 1. The SMILES string of the molecule is CC1=CC(=O)c2c(-c3ccccc3)nn(C)c2C1=O. The lowest BCUT2D eigenvalue weighted by Gasteiger charge is -2.09. The van der Waals surface area contributed by atoms with Gasteiger partial charge >= 0.3 is 0 Å². The summed E-state index contributed by atoms with van der Waals surface area (Å²) in [7, 11) is 1.69. The van der Waals surface area contributed by atoms with Gasteiger partial charge in [-0.2, -0.15) is 5.10 Å². The third-order valence-electron chi connectivity index (χ3n) is 3.26. The molecule has 0 bridgehead atoms. The van der Waals surface area contributed by atoms with Crippen molar-refractivity contribution in [3.05, 3.63) is 53.2 Å². The molecule has 1 aliphatic rings. The Kier molecular flexibility index (Phi) is 2.45. The van der Waals surface area contributed by atoms with E-state index in [0.717, 1.165) is 5.56 Å². The van der Waals surface area contributed by atoms with Crippen LogP contribution in [0.1, 0.15) is 27.8 Å². The van der Waals surface area contributed by atoms with E-state index in [9.17, 15) is 9.59 Å². The van der Waals surface area contributed by atoms with Crippen molar-refractivity contribution in [2.45, 2.75) is 6.92 Å². The quantitative estimate of drug-likeness (QED) is 0.783. The molecule has 0 saturated heterocycles. The van der Waals surface area contributed by atoms with E-state index in [-0.39, 0.29) is 11.6 Å². The average Bonchev–Trinajstić information content (AvgIpc) is 2.75. The van der Waals surface area contributed by atoms with Crippen LogP contribution >= 0.6 is 0 Å². The van der Waals surface area contributed by atoms with Crippen molar-refractivity contribution < 1.29 is 9.59 Å². The Labute approximate surface area is 110 Å². The zero-order valence-electron chi connectivity index (χ0n) is 10.7. The lowest BCUT2D eigenvalue weighted by atomic mass is 9.92. The Morgan fingerprint density at radius 1 is 1.11 bits per heavy atom. The number of Topliss-reactive ketones (excluding diaryl/α,β-unsaturated/α-hetero) is 1. The van der Waals surface area contributed by atoms with E-state index in [0.29, 0.717) is 22.5 Å². The van der Waals surface area contributed by atoms with Crippen LogP contribution in [0.5, 0.6) is 0 Å². The van der Waals surface area contributed by atoms with Crippen molar-refractivity contribution >= 4 is 11.6 Å². The van der Waals surface area contributed by atoms with Crippen molar-refractivity contribution in [3.63, 3.8) is 0 Å². The molecule has 0 atom stereocenters. The molecular weight excluding hydrogens is 240 g/mol. The van der Waals surface area contributed by atoms with Crippen LogP contribution < -0.4 is 0 Å². The summed E-state index contributed by atoms with van der Waals surface area (Å²) < 4.78 is 1.49. The fourth-order valence-corrected chi connectivity index (χ4v) is 2.34. The zero-order valence-corrected chi connectivity index (χ0v) is 10.7. The van der Waals surface area contributed by atoms with Gasteiger partial charge in [0, 0.05) is 18.2 Å². The average molecular weight is 252 g/mol. The van der Waals surface area contributed by atoms with Gasteiger partial charge in [0.1, 0.15) is 11.4 Å². The van der Waals surface area contributed by atoms with Gasteiger partial charge in [-0.3, -0.25) is 14.3 Å². The summed E-state index contributed by atoms with van der Waals surface area (Å²) >= 11 is 0. The molecule has 0 N–H and O–H groups in total. The van der Waals surface area contributed by atoms with Gasteiger partial charge in [-0.05, 0) is 13.0 Å². The first-order valence-corrected chi connectivity index (χ1v) is 5.99. The van der Waals surface area contributed by atoms with E-state index in [1.807, 2.05) is 30.3 Å². The van der Waals surface area contributed by atoms with Gasteiger partial charge in [-0.1, -0.05) is 30.3 Å². The van der Waals surface area contributed by atoms with Gasteiger partial charge in [-0.15, -0.1) is 0 Å². The topological polar surface area (TPSA) is 52.0 Å². The number of hydrogen-bond acceptors (Lipinski definition) is 3. The van der Waals surface area contributed by atoms with Gasteiger partial charge in [0.2, 0.25) is 5.78 Å². The van der Waals surface area contributed by atoms with Gasteiger partial charge in [0.05, 0.1) is 5.56 Å². The second-order valence-corrected chi connectivity index (χ2v) is 4.58. The standard InChI is InChI=1S/C15H12N2O2/c1-9-8-11(18)12-13(10-6-4-3-5-7-10)16-17(2)14(12)15(9)19/h3-8H,1-2H3. The molecule has 1 aliphatic carbocycles. The van der Waals surface area contributed by atoms with E-state index in [4.69, 9.17) is 0 Å². The minimum Gasteiger partial charge on any atom is -0.289 e. The summed E-state index contributed by atoms with van der Waals surface area (Å²) in [6.07, 6.45) is 1.39. The minimum absolute atomic E-state index is 0.133. The Morgan fingerprint density at radius 2 is 1.79 bits per heavy atom. The second kappa shape index (κ2) is 4.02. The molecular formula is C15H12N2O2. The minimum atomic E-state index is -0.154.